The molecule has 26 heavy (non-hydrogen) atoms. The number of rotatable bonds is 5. The van der Waals surface area contributed by atoms with Gasteiger partial charge in [0.25, 0.3) is 5.91 Å². The average molecular weight is 369 g/mol. The summed E-state index contributed by atoms with van der Waals surface area (Å²) < 4.78 is 0. The largest absolute Gasteiger partial charge is 0.321 e. The standard InChI is InChI=1S/C20H23N3O2S/c1-14(22-23-19(24)15-7-3-2-4-8-15)16-9-5-10-17(13-16)21-20(25)18-11-6-12-26-18/h5-6,9-13,15H,2-4,7-8H2,1H3,(H,21,25)(H,23,24)/b22-14+. The average Bonchev–Trinajstić information content (AvgIpc) is 3.22. The van der Waals surface area contributed by atoms with E-state index in [0.717, 1.165) is 31.2 Å². The van der Waals surface area contributed by atoms with Crippen molar-refractivity contribution >= 4 is 34.6 Å². The first-order valence-electron chi connectivity index (χ1n) is 8.93. The molecule has 1 aromatic heterocycles. The van der Waals surface area contributed by atoms with E-state index < -0.39 is 0 Å². The summed E-state index contributed by atoms with van der Waals surface area (Å²) in [5, 5.41) is 9.00. The van der Waals surface area contributed by atoms with Crippen LogP contribution in [0.15, 0.2) is 46.9 Å². The maximum atomic E-state index is 12.2. The number of thiophene rings is 1. The van der Waals surface area contributed by atoms with Gasteiger partial charge in [0.1, 0.15) is 0 Å². The van der Waals surface area contributed by atoms with Crippen molar-refractivity contribution in [3.05, 3.63) is 52.2 Å². The molecule has 0 spiro atoms. The molecule has 0 saturated heterocycles. The number of hydrogen-bond acceptors (Lipinski definition) is 4. The molecule has 0 atom stereocenters. The summed E-state index contributed by atoms with van der Waals surface area (Å²) >= 11 is 1.40. The molecule has 0 aliphatic heterocycles. The van der Waals surface area contributed by atoms with E-state index in [4.69, 9.17) is 0 Å². The quantitative estimate of drug-likeness (QED) is 0.605. The van der Waals surface area contributed by atoms with Crippen molar-refractivity contribution in [3.63, 3.8) is 0 Å². The van der Waals surface area contributed by atoms with Gasteiger partial charge in [0, 0.05) is 11.6 Å². The van der Waals surface area contributed by atoms with Crippen LogP contribution >= 0.6 is 11.3 Å². The minimum atomic E-state index is -0.127. The van der Waals surface area contributed by atoms with Crippen LogP contribution in [0.4, 0.5) is 5.69 Å². The SMILES string of the molecule is C/C(=N\NC(=O)C1CCCCC1)c1cccc(NC(=O)c2cccs2)c1. The third-order valence-electron chi connectivity index (χ3n) is 4.59. The molecule has 1 fully saturated rings. The molecule has 2 N–H and O–H groups in total. The van der Waals surface area contributed by atoms with Crippen molar-refractivity contribution in [3.8, 4) is 0 Å². The molecule has 0 bridgehead atoms. The number of nitrogens with zero attached hydrogens (tertiary/aromatic N) is 1. The highest BCUT2D eigenvalue weighted by Crippen LogP contribution is 2.23. The van der Waals surface area contributed by atoms with E-state index >= 15 is 0 Å². The van der Waals surface area contributed by atoms with Gasteiger partial charge in [-0.3, -0.25) is 9.59 Å². The van der Waals surface area contributed by atoms with Crippen LogP contribution in [-0.2, 0) is 4.79 Å². The molecule has 5 nitrogen and oxygen atoms in total. The number of anilines is 1. The van der Waals surface area contributed by atoms with Crippen molar-refractivity contribution in [2.45, 2.75) is 39.0 Å². The molecular weight excluding hydrogens is 346 g/mol. The highest BCUT2D eigenvalue weighted by molar-refractivity contribution is 7.12. The molecular formula is C20H23N3O2S. The fourth-order valence-electron chi connectivity index (χ4n) is 3.08. The summed E-state index contributed by atoms with van der Waals surface area (Å²) in [7, 11) is 0. The molecule has 1 heterocycles. The second-order valence-corrected chi connectivity index (χ2v) is 7.47. The Kier molecular flexibility index (Phi) is 6.17. The minimum absolute atomic E-state index is 0.00574. The lowest BCUT2D eigenvalue weighted by atomic mass is 9.89. The highest BCUT2D eigenvalue weighted by Gasteiger charge is 2.20. The Morgan fingerprint density at radius 2 is 1.92 bits per heavy atom. The zero-order valence-corrected chi connectivity index (χ0v) is 15.6. The highest BCUT2D eigenvalue weighted by atomic mass is 32.1. The van der Waals surface area contributed by atoms with Gasteiger partial charge in [0.2, 0.25) is 5.91 Å². The monoisotopic (exact) mass is 369 g/mol. The maximum Gasteiger partial charge on any atom is 0.265 e. The molecule has 0 unspecified atom stereocenters. The van der Waals surface area contributed by atoms with E-state index in [1.54, 1.807) is 6.07 Å². The van der Waals surface area contributed by atoms with Gasteiger partial charge in [-0.25, -0.2) is 5.43 Å². The van der Waals surface area contributed by atoms with Gasteiger partial charge < -0.3 is 5.32 Å². The van der Waals surface area contributed by atoms with Crippen LogP contribution < -0.4 is 10.7 Å². The van der Waals surface area contributed by atoms with Crippen LogP contribution in [0.2, 0.25) is 0 Å². The van der Waals surface area contributed by atoms with E-state index in [0.29, 0.717) is 16.3 Å². The van der Waals surface area contributed by atoms with E-state index in [9.17, 15) is 9.59 Å². The first kappa shape index (κ1) is 18.3. The number of nitrogens with one attached hydrogen (secondary N) is 2. The smallest absolute Gasteiger partial charge is 0.265 e. The Hall–Kier alpha value is -2.47. The van der Waals surface area contributed by atoms with Crippen molar-refractivity contribution in [1.82, 2.24) is 5.43 Å². The molecule has 1 aliphatic carbocycles. The third-order valence-corrected chi connectivity index (χ3v) is 5.46. The van der Waals surface area contributed by atoms with E-state index in [1.165, 1.54) is 17.8 Å². The normalized spacial score (nSPS) is 15.5. The van der Waals surface area contributed by atoms with Crippen molar-refractivity contribution in [2.24, 2.45) is 11.0 Å². The van der Waals surface area contributed by atoms with Crippen LogP contribution in [0.5, 0.6) is 0 Å². The first-order valence-corrected chi connectivity index (χ1v) is 9.81. The van der Waals surface area contributed by atoms with Crippen molar-refractivity contribution < 1.29 is 9.59 Å². The second-order valence-electron chi connectivity index (χ2n) is 6.52. The van der Waals surface area contributed by atoms with Gasteiger partial charge in [-0.1, -0.05) is 37.5 Å². The number of amides is 2. The zero-order chi connectivity index (χ0) is 18.4. The Labute approximate surface area is 157 Å². The Balaban J connectivity index is 1.62. The summed E-state index contributed by atoms with van der Waals surface area (Å²) in [5.41, 5.74) is 4.97. The Morgan fingerprint density at radius 3 is 2.65 bits per heavy atom. The van der Waals surface area contributed by atoms with E-state index in [2.05, 4.69) is 15.8 Å². The summed E-state index contributed by atoms with van der Waals surface area (Å²) in [5.74, 6) is -0.0414. The third kappa shape index (κ3) is 4.79. The van der Waals surface area contributed by atoms with Gasteiger partial charge in [-0.15, -0.1) is 11.3 Å². The number of carbonyl (C=O) groups is 2. The molecule has 1 aromatic carbocycles. The molecule has 1 aliphatic rings. The van der Waals surface area contributed by atoms with Gasteiger partial charge >= 0.3 is 0 Å². The zero-order valence-electron chi connectivity index (χ0n) is 14.8. The number of hydrogen-bond donors (Lipinski definition) is 2. The molecule has 3 rings (SSSR count). The lowest BCUT2D eigenvalue weighted by Gasteiger charge is -2.19. The van der Waals surface area contributed by atoms with Crippen molar-refractivity contribution in [1.29, 1.82) is 0 Å². The maximum absolute atomic E-state index is 12.2. The number of carbonyl (C=O) groups excluding carboxylic acids is 2. The molecule has 0 radical (unpaired) electrons. The van der Waals surface area contributed by atoms with Crippen LogP contribution in [0.1, 0.15) is 54.3 Å². The van der Waals surface area contributed by atoms with Crippen LogP contribution in [0.25, 0.3) is 0 Å². The van der Waals surface area contributed by atoms with Gasteiger partial charge in [0.05, 0.1) is 10.6 Å². The molecule has 2 amide bonds. The first-order chi connectivity index (χ1) is 12.6. The van der Waals surface area contributed by atoms with Crippen LogP contribution in [0.3, 0.4) is 0 Å². The minimum Gasteiger partial charge on any atom is -0.321 e. The number of hydrazone groups is 1. The van der Waals surface area contributed by atoms with Crippen LogP contribution in [0, 0.1) is 5.92 Å². The van der Waals surface area contributed by atoms with E-state index in [1.807, 2.05) is 42.6 Å². The molecule has 6 heteroatoms. The van der Waals surface area contributed by atoms with E-state index in [-0.39, 0.29) is 17.7 Å². The Morgan fingerprint density at radius 1 is 1.12 bits per heavy atom. The van der Waals surface area contributed by atoms with Gasteiger partial charge in [-0.2, -0.15) is 5.10 Å². The summed E-state index contributed by atoms with van der Waals surface area (Å²) in [6.45, 7) is 1.85. The topological polar surface area (TPSA) is 70.6 Å². The van der Waals surface area contributed by atoms with Gasteiger partial charge in [-0.05, 0) is 48.9 Å². The van der Waals surface area contributed by atoms with Crippen molar-refractivity contribution in [2.75, 3.05) is 5.32 Å². The fourth-order valence-corrected chi connectivity index (χ4v) is 3.70. The lowest BCUT2D eigenvalue weighted by molar-refractivity contribution is -0.125. The Bertz CT molecular complexity index is 793. The van der Waals surface area contributed by atoms with Gasteiger partial charge in [0.15, 0.2) is 0 Å². The second kappa shape index (κ2) is 8.76. The summed E-state index contributed by atoms with van der Waals surface area (Å²) in [6, 6.07) is 11.1. The summed E-state index contributed by atoms with van der Waals surface area (Å²) in [6.07, 6.45) is 5.35. The molecule has 1 saturated carbocycles. The molecule has 136 valence electrons. The predicted octanol–water partition coefficient (Wildman–Crippen LogP) is 4.42. The predicted molar refractivity (Wildman–Crippen MR) is 106 cm³/mol. The number of benzene rings is 1. The summed E-state index contributed by atoms with van der Waals surface area (Å²) in [4.78, 5) is 25.0. The van der Waals surface area contributed by atoms with Crippen LogP contribution in [-0.4, -0.2) is 17.5 Å². The fraction of sp³-hybridized carbons (Fsp3) is 0.350. The lowest BCUT2D eigenvalue weighted by Crippen LogP contribution is -2.29. The molecule has 2 aromatic rings.